The fraction of sp³-hybridized carbons (Fsp3) is 0.220. The molecule has 1 aliphatic carbocycles. The van der Waals surface area contributed by atoms with Crippen LogP contribution in [0.25, 0.3) is 11.1 Å². The number of carbonyl (C=O) groups is 4. The summed E-state index contributed by atoms with van der Waals surface area (Å²) in [4.78, 5) is 49.7. The Morgan fingerprint density at radius 3 is 2.19 bits per heavy atom. The van der Waals surface area contributed by atoms with Crippen LogP contribution in [0.5, 0.6) is 5.75 Å². The Kier molecular flexibility index (Phi) is 14.0. The fourth-order valence-corrected chi connectivity index (χ4v) is 5.01. The molecular formula is C41H38ClN3O7. The van der Waals surface area contributed by atoms with Crippen LogP contribution in [0.4, 0.5) is 4.79 Å². The van der Waals surface area contributed by atoms with Crippen LogP contribution in [0, 0.1) is 30.6 Å². The van der Waals surface area contributed by atoms with Crippen molar-refractivity contribution in [2.45, 2.75) is 25.8 Å². The van der Waals surface area contributed by atoms with Crippen LogP contribution in [0.2, 0.25) is 0 Å². The lowest BCUT2D eigenvalue weighted by molar-refractivity contribution is 0.0600. The van der Waals surface area contributed by atoms with Crippen LogP contribution >= 0.6 is 12.4 Å². The zero-order valence-electron chi connectivity index (χ0n) is 28.7. The van der Waals surface area contributed by atoms with Crippen molar-refractivity contribution in [3.8, 4) is 40.6 Å². The highest BCUT2D eigenvalue weighted by molar-refractivity contribution is 6.09. The monoisotopic (exact) mass is 719 g/mol. The number of amides is 2. The van der Waals surface area contributed by atoms with Gasteiger partial charge < -0.3 is 30.6 Å². The van der Waals surface area contributed by atoms with Gasteiger partial charge in [0, 0.05) is 33.9 Å². The number of methoxy groups -OCH3 is 1. The molecule has 2 amide bonds. The molecule has 52 heavy (non-hydrogen) atoms. The summed E-state index contributed by atoms with van der Waals surface area (Å²) in [7, 11) is 1.29. The average molecular weight is 720 g/mol. The molecule has 0 radical (unpaired) electrons. The molecule has 0 saturated heterocycles. The van der Waals surface area contributed by atoms with Gasteiger partial charge in [-0.3, -0.25) is 9.59 Å². The molecule has 0 heterocycles. The molecule has 266 valence electrons. The number of hydrogen-bond acceptors (Lipinski definition) is 8. The second-order valence-electron chi connectivity index (χ2n) is 11.6. The number of ketones is 1. The van der Waals surface area contributed by atoms with E-state index >= 15 is 0 Å². The van der Waals surface area contributed by atoms with E-state index in [-0.39, 0.29) is 56.4 Å². The van der Waals surface area contributed by atoms with E-state index in [4.69, 9.17) is 19.9 Å². The number of nitrogens with one attached hydrogen (secondary N) is 2. The number of rotatable bonds is 11. The third kappa shape index (κ3) is 10.7. The number of nitrogens with two attached hydrogens (primary N) is 1. The quantitative estimate of drug-likeness (QED) is 0.0802. The van der Waals surface area contributed by atoms with Gasteiger partial charge in [0.05, 0.1) is 25.8 Å². The number of halogens is 1. The lowest BCUT2D eigenvalue weighted by atomic mass is 9.95. The molecule has 0 bridgehead atoms. The van der Waals surface area contributed by atoms with Gasteiger partial charge in [0.25, 0.3) is 5.91 Å². The Bertz CT molecular complexity index is 2050. The normalized spacial score (nSPS) is 11.3. The van der Waals surface area contributed by atoms with Crippen LogP contribution in [0.15, 0.2) is 84.9 Å². The van der Waals surface area contributed by atoms with Gasteiger partial charge in [-0.15, -0.1) is 12.4 Å². The number of ether oxygens (including phenoxy) is 3. The van der Waals surface area contributed by atoms with Crippen molar-refractivity contribution in [3.05, 3.63) is 124 Å². The third-order valence-corrected chi connectivity index (χ3v) is 7.88. The van der Waals surface area contributed by atoms with Crippen molar-refractivity contribution >= 4 is 36.2 Å². The summed E-state index contributed by atoms with van der Waals surface area (Å²) in [5.74, 6) is 11.1. The maximum absolute atomic E-state index is 13.2. The highest BCUT2D eigenvalue weighted by Gasteiger charge is 2.24. The number of aryl methyl sites for hydroxylation is 1. The molecule has 4 aromatic rings. The molecule has 4 N–H and O–H groups in total. The van der Waals surface area contributed by atoms with Crippen molar-refractivity contribution < 1.29 is 33.4 Å². The summed E-state index contributed by atoms with van der Waals surface area (Å²) >= 11 is 0. The summed E-state index contributed by atoms with van der Waals surface area (Å²) < 4.78 is 15.6. The standard InChI is InChI=1S/C41H37N3O7.ClH/c1-27-7-9-33(39(46)44-34-16-17-34)26-37(27)29-10-12-30(13-11-29)38(45)31-14-18-35(19-15-31)50-23-24-51-41(48)43-22-4-5-28-8-20-36(40(47)49-2)32(25-28)6-3-21-42;/h7-15,18-20,25-26,34H,16-17,21-24,42H2,1-2H3,(H,43,48)(H,44,46);1H. The van der Waals surface area contributed by atoms with Crippen molar-refractivity contribution in [2.24, 2.45) is 5.73 Å². The predicted molar refractivity (Wildman–Crippen MR) is 200 cm³/mol. The van der Waals surface area contributed by atoms with Crippen LogP contribution in [0.1, 0.15) is 66.2 Å². The molecule has 0 aliphatic heterocycles. The second kappa shape index (κ2) is 18.8. The summed E-state index contributed by atoms with van der Waals surface area (Å²) in [6.07, 6.45) is 1.40. The van der Waals surface area contributed by atoms with Crippen LogP contribution in [-0.4, -0.2) is 63.2 Å². The first kappa shape index (κ1) is 38.7. The summed E-state index contributed by atoms with van der Waals surface area (Å²) in [5, 5.41) is 5.57. The molecule has 0 unspecified atom stereocenters. The molecule has 1 saturated carbocycles. The van der Waals surface area contributed by atoms with Gasteiger partial charge in [0.15, 0.2) is 5.78 Å². The Balaban J connectivity index is 0.00000605. The van der Waals surface area contributed by atoms with Gasteiger partial charge in [-0.1, -0.05) is 54.0 Å². The van der Waals surface area contributed by atoms with E-state index in [0.29, 0.717) is 39.1 Å². The van der Waals surface area contributed by atoms with Crippen molar-refractivity contribution in [2.75, 3.05) is 33.4 Å². The Morgan fingerprint density at radius 1 is 0.827 bits per heavy atom. The van der Waals surface area contributed by atoms with E-state index in [1.54, 1.807) is 54.6 Å². The Hall–Kier alpha value is -6.07. The minimum Gasteiger partial charge on any atom is -0.490 e. The number of esters is 1. The van der Waals surface area contributed by atoms with Crippen molar-refractivity contribution in [3.63, 3.8) is 0 Å². The van der Waals surface area contributed by atoms with Crippen LogP contribution in [-0.2, 0) is 9.47 Å². The van der Waals surface area contributed by atoms with Gasteiger partial charge in [-0.05, 0) is 91.1 Å². The number of alkyl carbamates (subject to hydrolysis) is 1. The van der Waals surface area contributed by atoms with Crippen LogP contribution < -0.4 is 21.1 Å². The molecule has 0 aromatic heterocycles. The van der Waals surface area contributed by atoms with Gasteiger partial charge in [-0.25, -0.2) is 9.59 Å². The molecule has 10 nitrogen and oxygen atoms in total. The summed E-state index contributed by atoms with van der Waals surface area (Å²) in [6, 6.07) is 24.9. The van der Waals surface area contributed by atoms with E-state index in [1.807, 2.05) is 37.3 Å². The number of carbonyl (C=O) groups excluding carboxylic acids is 4. The molecule has 4 aromatic carbocycles. The first-order valence-electron chi connectivity index (χ1n) is 16.4. The van der Waals surface area contributed by atoms with E-state index in [1.165, 1.54) is 7.11 Å². The predicted octanol–water partition coefficient (Wildman–Crippen LogP) is 5.46. The maximum atomic E-state index is 13.2. The zero-order chi connectivity index (χ0) is 36.2. The van der Waals surface area contributed by atoms with E-state index in [0.717, 1.165) is 29.5 Å². The van der Waals surface area contributed by atoms with Gasteiger partial charge in [0.1, 0.15) is 19.0 Å². The summed E-state index contributed by atoms with van der Waals surface area (Å²) in [5.41, 5.74) is 11.4. The van der Waals surface area contributed by atoms with Crippen molar-refractivity contribution in [1.29, 1.82) is 0 Å². The lowest BCUT2D eigenvalue weighted by Crippen LogP contribution is -2.26. The van der Waals surface area contributed by atoms with Gasteiger partial charge in [-0.2, -0.15) is 0 Å². The Morgan fingerprint density at radius 2 is 1.52 bits per heavy atom. The lowest BCUT2D eigenvalue weighted by Gasteiger charge is -2.11. The smallest absolute Gasteiger partial charge is 0.408 e. The minimum absolute atomic E-state index is 0. The van der Waals surface area contributed by atoms with E-state index < -0.39 is 12.1 Å². The molecule has 11 heteroatoms. The molecule has 5 rings (SSSR count). The number of benzene rings is 4. The SMILES string of the molecule is COC(=O)c1ccc(C#CCNC(=O)OCCOc2ccc(C(=O)c3ccc(-c4cc(C(=O)NC5CC5)ccc4C)cc3)cc2)cc1C#CCN.Cl. The summed E-state index contributed by atoms with van der Waals surface area (Å²) in [6.45, 7) is 2.27. The molecule has 0 spiro atoms. The van der Waals surface area contributed by atoms with E-state index in [9.17, 15) is 19.2 Å². The average Bonchev–Trinajstić information content (AvgIpc) is 3.98. The number of hydrogen-bond donors (Lipinski definition) is 3. The zero-order valence-corrected chi connectivity index (χ0v) is 29.6. The van der Waals surface area contributed by atoms with Crippen LogP contribution in [0.3, 0.4) is 0 Å². The van der Waals surface area contributed by atoms with E-state index in [2.05, 4.69) is 34.3 Å². The maximum Gasteiger partial charge on any atom is 0.408 e. The minimum atomic E-state index is -0.655. The largest absolute Gasteiger partial charge is 0.490 e. The highest BCUT2D eigenvalue weighted by Crippen LogP contribution is 2.27. The molecule has 1 aliphatic rings. The first-order valence-corrected chi connectivity index (χ1v) is 16.4. The highest BCUT2D eigenvalue weighted by atomic mass is 35.5. The molecule has 0 atom stereocenters. The molecule has 1 fully saturated rings. The van der Waals surface area contributed by atoms with Gasteiger partial charge in [0.2, 0.25) is 0 Å². The fourth-order valence-electron chi connectivity index (χ4n) is 5.01. The van der Waals surface area contributed by atoms with Gasteiger partial charge >= 0.3 is 12.1 Å². The second-order valence-corrected chi connectivity index (χ2v) is 11.6. The Labute approximate surface area is 308 Å². The molecular weight excluding hydrogens is 682 g/mol. The third-order valence-electron chi connectivity index (χ3n) is 7.88. The topological polar surface area (TPSA) is 146 Å². The first-order chi connectivity index (χ1) is 24.7. The van der Waals surface area contributed by atoms with Crippen molar-refractivity contribution in [1.82, 2.24) is 10.6 Å².